The van der Waals surface area contributed by atoms with E-state index < -0.39 is 0 Å². The summed E-state index contributed by atoms with van der Waals surface area (Å²) in [6.45, 7) is 4.68. The van der Waals surface area contributed by atoms with Crippen LogP contribution in [-0.2, 0) is 6.54 Å². The van der Waals surface area contributed by atoms with Crippen LogP contribution in [0, 0.1) is 5.92 Å². The normalized spacial score (nSPS) is 11.1. The summed E-state index contributed by atoms with van der Waals surface area (Å²) in [7, 11) is 0. The predicted octanol–water partition coefficient (Wildman–Crippen LogP) is 1.34. The maximum absolute atomic E-state index is 12.3. The van der Waals surface area contributed by atoms with Crippen LogP contribution in [0.15, 0.2) is 29.1 Å². The quantitative estimate of drug-likeness (QED) is 0.618. The Balaban J connectivity index is 2.72. The number of benzene rings is 1. The number of aromatic nitrogens is 2. The van der Waals surface area contributed by atoms with E-state index in [4.69, 9.17) is 5.84 Å². The Bertz CT molecular complexity index is 589. The van der Waals surface area contributed by atoms with Crippen molar-refractivity contribution in [1.82, 2.24) is 9.55 Å². The lowest BCUT2D eigenvalue weighted by atomic mass is 10.2. The van der Waals surface area contributed by atoms with Crippen LogP contribution in [0.2, 0.25) is 0 Å². The summed E-state index contributed by atoms with van der Waals surface area (Å²) in [6.07, 6.45) is 0. The van der Waals surface area contributed by atoms with E-state index in [-0.39, 0.29) is 5.56 Å². The van der Waals surface area contributed by atoms with Gasteiger partial charge in [0.15, 0.2) is 0 Å². The Morgan fingerprint density at radius 2 is 2.12 bits per heavy atom. The third-order valence-corrected chi connectivity index (χ3v) is 2.54. The fourth-order valence-electron chi connectivity index (χ4n) is 1.81. The summed E-state index contributed by atoms with van der Waals surface area (Å²) in [6, 6.07) is 7.27. The fraction of sp³-hybridized carbons (Fsp3) is 0.333. The first-order valence-corrected chi connectivity index (χ1v) is 5.59. The van der Waals surface area contributed by atoms with Crippen LogP contribution in [0.1, 0.15) is 13.8 Å². The summed E-state index contributed by atoms with van der Waals surface area (Å²) < 4.78 is 1.58. The average molecular weight is 232 g/mol. The van der Waals surface area contributed by atoms with Crippen LogP contribution in [0.3, 0.4) is 0 Å². The molecule has 0 saturated carbocycles. The molecule has 1 aromatic heterocycles. The zero-order chi connectivity index (χ0) is 12.4. The van der Waals surface area contributed by atoms with Gasteiger partial charge in [-0.1, -0.05) is 26.0 Å². The molecule has 90 valence electrons. The molecular weight excluding hydrogens is 216 g/mol. The zero-order valence-corrected chi connectivity index (χ0v) is 9.97. The highest BCUT2D eigenvalue weighted by Crippen LogP contribution is 2.11. The summed E-state index contributed by atoms with van der Waals surface area (Å²) in [4.78, 5) is 16.6. The topological polar surface area (TPSA) is 72.9 Å². The lowest BCUT2D eigenvalue weighted by molar-refractivity contribution is 0.513. The van der Waals surface area contributed by atoms with E-state index >= 15 is 0 Å². The van der Waals surface area contributed by atoms with E-state index in [9.17, 15) is 4.79 Å². The molecule has 0 bridgehead atoms. The largest absolute Gasteiger partial charge is 0.294 e. The number of nitrogens with zero attached hydrogens (tertiary/aromatic N) is 2. The van der Waals surface area contributed by atoms with Gasteiger partial charge in [-0.15, -0.1) is 0 Å². The molecule has 1 heterocycles. The summed E-state index contributed by atoms with van der Waals surface area (Å²) in [5, 5.41) is 0.618. The molecule has 1 aromatic carbocycles. The molecule has 0 saturated heterocycles. The van der Waals surface area contributed by atoms with E-state index in [0.717, 1.165) is 0 Å². The SMILES string of the molecule is CC(C)Cn1c(NN)nc2ccccc2c1=O. The number of nitrogen functional groups attached to an aromatic ring is 1. The fourth-order valence-corrected chi connectivity index (χ4v) is 1.81. The Morgan fingerprint density at radius 1 is 1.41 bits per heavy atom. The van der Waals surface area contributed by atoms with Crippen molar-refractivity contribution in [2.24, 2.45) is 11.8 Å². The summed E-state index contributed by atoms with van der Waals surface area (Å²) in [5.74, 6) is 6.17. The molecule has 5 nitrogen and oxygen atoms in total. The molecule has 2 rings (SSSR count). The van der Waals surface area contributed by atoms with Gasteiger partial charge in [0.2, 0.25) is 5.95 Å². The summed E-state index contributed by atoms with van der Waals surface area (Å²) >= 11 is 0. The second-order valence-electron chi connectivity index (χ2n) is 4.41. The van der Waals surface area contributed by atoms with Gasteiger partial charge in [-0.2, -0.15) is 0 Å². The molecule has 5 heteroatoms. The lowest BCUT2D eigenvalue weighted by Crippen LogP contribution is -2.28. The number of fused-ring (bicyclic) bond motifs is 1. The third kappa shape index (κ3) is 2.14. The van der Waals surface area contributed by atoms with Crippen molar-refractivity contribution in [2.45, 2.75) is 20.4 Å². The van der Waals surface area contributed by atoms with Crippen molar-refractivity contribution in [2.75, 3.05) is 5.43 Å². The molecule has 0 atom stereocenters. The van der Waals surface area contributed by atoms with Crippen molar-refractivity contribution in [3.05, 3.63) is 34.6 Å². The second-order valence-corrected chi connectivity index (χ2v) is 4.41. The van der Waals surface area contributed by atoms with Gasteiger partial charge in [0.25, 0.3) is 5.56 Å². The lowest BCUT2D eigenvalue weighted by Gasteiger charge is -2.14. The zero-order valence-electron chi connectivity index (χ0n) is 9.97. The van der Waals surface area contributed by atoms with Crippen LogP contribution in [0.25, 0.3) is 10.9 Å². The summed E-state index contributed by atoms with van der Waals surface area (Å²) in [5.41, 5.74) is 3.09. The molecule has 0 aliphatic heterocycles. The van der Waals surface area contributed by atoms with Gasteiger partial charge in [0.05, 0.1) is 10.9 Å². The van der Waals surface area contributed by atoms with Gasteiger partial charge < -0.3 is 0 Å². The van der Waals surface area contributed by atoms with Gasteiger partial charge in [0.1, 0.15) is 0 Å². The maximum atomic E-state index is 12.3. The first-order chi connectivity index (χ1) is 8.13. The number of nitrogens with one attached hydrogen (secondary N) is 1. The van der Waals surface area contributed by atoms with Crippen LogP contribution in [0.5, 0.6) is 0 Å². The van der Waals surface area contributed by atoms with Crippen LogP contribution in [0.4, 0.5) is 5.95 Å². The number of anilines is 1. The number of hydrazine groups is 1. The molecule has 3 N–H and O–H groups in total. The first-order valence-electron chi connectivity index (χ1n) is 5.59. The van der Waals surface area contributed by atoms with Crippen molar-refractivity contribution < 1.29 is 0 Å². The molecule has 0 fully saturated rings. The highest BCUT2D eigenvalue weighted by molar-refractivity contribution is 5.78. The molecule has 17 heavy (non-hydrogen) atoms. The van der Waals surface area contributed by atoms with Crippen LogP contribution < -0.4 is 16.8 Å². The van der Waals surface area contributed by atoms with Crippen molar-refractivity contribution >= 4 is 16.9 Å². The smallest absolute Gasteiger partial charge is 0.262 e. The molecule has 0 aliphatic rings. The van der Waals surface area contributed by atoms with E-state index in [0.29, 0.717) is 29.3 Å². The first kappa shape index (κ1) is 11.6. The molecule has 0 radical (unpaired) electrons. The second kappa shape index (κ2) is 4.55. The molecule has 2 aromatic rings. The van der Waals surface area contributed by atoms with Crippen molar-refractivity contribution in [3.63, 3.8) is 0 Å². The van der Waals surface area contributed by atoms with E-state index in [1.165, 1.54) is 0 Å². The van der Waals surface area contributed by atoms with E-state index in [1.807, 2.05) is 26.0 Å². The average Bonchev–Trinajstić information content (AvgIpc) is 2.32. The number of hydrogen-bond acceptors (Lipinski definition) is 4. The van der Waals surface area contributed by atoms with Crippen molar-refractivity contribution in [3.8, 4) is 0 Å². The minimum atomic E-state index is -0.0581. The molecule has 0 aliphatic carbocycles. The van der Waals surface area contributed by atoms with E-state index in [1.54, 1.807) is 16.7 Å². The van der Waals surface area contributed by atoms with Crippen LogP contribution in [-0.4, -0.2) is 9.55 Å². The molecular formula is C12H16N4O. The van der Waals surface area contributed by atoms with Gasteiger partial charge in [-0.3, -0.25) is 14.8 Å². The third-order valence-electron chi connectivity index (χ3n) is 2.54. The monoisotopic (exact) mass is 232 g/mol. The minimum Gasteiger partial charge on any atom is -0.294 e. The van der Waals surface area contributed by atoms with Crippen LogP contribution >= 0.6 is 0 Å². The number of nitrogens with two attached hydrogens (primary N) is 1. The van der Waals surface area contributed by atoms with Gasteiger partial charge in [-0.25, -0.2) is 10.8 Å². The molecule has 0 unspecified atom stereocenters. The highest BCUT2D eigenvalue weighted by atomic mass is 16.1. The molecule has 0 spiro atoms. The number of para-hydroxylation sites is 1. The van der Waals surface area contributed by atoms with Gasteiger partial charge in [-0.05, 0) is 18.1 Å². The number of rotatable bonds is 3. The maximum Gasteiger partial charge on any atom is 0.262 e. The highest BCUT2D eigenvalue weighted by Gasteiger charge is 2.10. The minimum absolute atomic E-state index is 0.0581. The Labute approximate surface area is 99.2 Å². The predicted molar refractivity (Wildman–Crippen MR) is 68.7 cm³/mol. The van der Waals surface area contributed by atoms with Gasteiger partial charge in [0, 0.05) is 6.54 Å². The molecule has 0 amide bonds. The Kier molecular flexibility index (Phi) is 3.10. The Hall–Kier alpha value is -1.88. The van der Waals surface area contributed by atoms with Crippen molar-refractivity contribution in [1.29, 1.82) is 0 Å². The standard InChI is InChI=1S/C12H16N4O/c1-8(2)7-16-11(17)9-5-3-4-6-10(9)14-12(16)15-13/h3-6,8H,7,13H2,1-2H3,(H,14,15). The Morgan fingerprint density at radius 3 is 2.76 bits per heavy atom. The number of hydrogen-bond donors (Lipinski definition) is 2. The van der Waals surface area contributed by atoms with Gasteiger partial charge >= 0.3 is 0 Å². The van der Waals surface area contributed by atoms with E-state index in [2.05, 4.69) is 10.4 Å².